The Kier molecular flexibility index (Phi) is 28.2. The van der Waals surface area contributed by atoms with Gasteiger partial charge in [-0.2, -0.15) is 0 Å². The normalized spacial score (nSPS) is 11.2. The van der Waals surface area contributed by atoms with Crippen molar-refractivity contribution in [1.29, 1.82) is 0 Å². The van der Waals surface area contributed by atoms with E-state index in [4.69, 9.17) is 30.4 Å². The van der Waals surface area contributed by atoms with Gasteiger partial charge >= 0.3 is 28.4 Å². The van der Waals surface area contributed by atoms with Gasteiger partial charge < -0.3 is 30.6 Å². The monoisotopic (exact) mass is 936 g/mol. The van der Waals surface area contributed by atoms with E-state index in [1.54, 1.807) is 0 Å². The van der Waals surface area contributed by atoms with Crippen LogP contribution in [0.15, 0.2) is 70.6 Å². The van der Waals surface area contributed by atoms with Crippen LogP contribution in [0.2, 0.25) is 0 Å². The van der Waals surface area contributed by atoms with Gasteiger partial charge in [-0.15, -0.1) is 0 Å². The average molecular weight is 938 g/mol. The van der Waals surface area contributed by atoms with Crippen LogP contribution in [0, 0.1) is 0 Å². The number of aliphatic imine (C=N–C) groups is 2. The van der Waals surface area contributed by atoms with Crippen molar-refractivity contribution in [1.82, 2.24) is 0 Å². The van der Waals surface area contributed by atoms with Gasteiger partial charge in [0.25, 0.3) is 0 Å². The summed E-state index contributed by atoms with van der Waals surface area (Å²) in [6.07, 6.45) is 17.9. The van der Waals surface area contributed by atoms with Gasteiger partial charge in [-0.3, -0.25) is 9.98 Å². The third-order valence-corrected chi connectivity index (χ3v) is 11.0. The van der Waals surface area contributed by atoms with E-state index in [1.165, 1.54) is 83.6 Å². The molecular formula is C54H74N2NiO8. The predicted molar refractivity (Wildman–Crippen MR) is 259 cm³/mol. The number of aromatic carboxylic acids is 2. The minimum Gasteiger partial charge on any atom is -0.869 e. The fourth-order valence-corrected chi connectivity index (χ4v) is 7.29. The topological polar surface area (TPSA) is 186 Å². The van der Waals surface area contributed by atoms with Crippen LogP contribution in [-0.4, -0.2) is 43.8 Å². The largest absolute Gasteiger partial charge is 2.00 e. The zero-order valence-electron chi connectivity index (χ0n) is 40.1. The van der Waals surface area contributed by atoms with Crippen molar-refractivity contribution in [3.05, 3.63) is 105 Å². The van der Waals surface area contributed by atoms with Gasteiger partial charge in [0.2, 0.25) is 0 Å². The number of nitrogens with zero attached hydrogens (tertiary/aromatic N) is 2. The van der Waals surface area contributed by atoms with Crippen molar-refractivity contribution in [2.45, 2.75) is 171 Å². The number of aromatic hydroxyl groups is 2. The number of phenolic OH excluding ortho intramolecular Hbond substituents is 2. The number of unbranched alkanes of at least 4 members (excludes halogenated alkanes) is 4. The summed E-state index contributed by atoms with van der Waals surface area (Å²) in [5, 5.41) is 58.7. The SMILES string of the molecule is CCCCC(=Nc1cc(CC)cc(CC)c1)C(CCCC)=Nc1ccc(CCC)c(CCC)c1.CCCCc1ccc(O)c([O-])c1C(=O)O.CCCCc1ccc(O)c([O-])c1C(=O)O.[Ni+2]. The molecule has 0 aliphatic heterocycles. The smallest absolute Gasteiger partial charge is 0.869 e. The molecule has 358 valence electrons. The Morgan fingerprint density at radius 1 is 0.477 bits per heavy atom. The Hall–Kier alpha value is -5.15. The molecular weight excluding hydrogens is 863 g/mol. The third-order valence-electron chi connectivity index (χ3n) is 11.0. The second-order valence-corrected chi connectivity index (χ2v) is 16.2. The fourth-order valence-electron chi connectivity index (χ4n) is 7.29. The van der Waals surface area contributed by atoms with Gasteiger partial charge in [-0.25, -0.2) is 9.59 Å². The summed E-state index contributed by atoms with van der Waals surface area (Å²) in [7, 11) is 0. The molecule has 4 aromatic carbocycles. The summed E-state index contributed by atoms with van der Waals surface area (Å²) in [5.74, 6) is -5.16. The third kappa shape index (κ3) is 19.1. The molecule has 11 heteroatoms. The molecule has 0 aromatic heterocycles. The number of hydrogen-bond acceptors (Lipinski definition) is 8. The first-order valence-corrected chi connectivity index (χ1v) is 23.6. The molecule has 0 saturated heterocycles. The maximum atomic E-state index is 11.4. The molecule has 0 heterocycles. The zero-order chi connectivity index (χ0) is 47.6. The predicted octanol–water partition coefficient (Wildman–Crippen LogP) is 13.0. The van der Waals surface area contributed by atoms with Crippen LogP contribution in [0.1, 0.15) is 187 Å². The molecule has 0 amide bonds. The minimum atomic E-state index is -1.28. The Morgan fingerprint density at radius 3 is 1.26 bits per heavy atom. The van der Waals surface area contributed by atoms with Gasteiger partial charge in [-0.1, -0.05) is 130 Å². The second kappa shape index (κ2) is 31.7. The Bertz CT molecular complexity index is 2050. The van der Waals surface area contributed by atoms with E-state index in [2.05, 4.69) is 77.9 Å². The Labute approximate surface area is 398 Å². The zero-order valence-corrected chi connectivity index (χ0v) is 41.1. The van der Waals surface area contributed by atoms with Crippen LogP contribution in [0.25, 0.3) is 0 Å². The van der Waals surface area contributed by atoms with Crippen molar-refractivity contribution in [2.75, 3.05) is 0 Å². The van der Waals surface area contributed by atoms with Crippen LogP contribution < -0.4 is 10.2 Å². The molecule has 10 nitrogen and oxygen atoms in total. The summed E-state index contributed by atoms with van der Waals surface area (Å²) in [6, 6.07) is 19.2. The van der Waals surface area contributed by atoms with Crippen LogP contribution in [0.3, 0.4) is 0 Å². The van der Waals surface area contributed by atoms with E-state index < -0.39 is 34.9 Å². The fraction of sp³-hybridized carbons (Fsp3) is 0.481. The molecule has 0 saturated carbocycles. The molecule has 4 rings (SSSR count). The molecule has 0 aliphatic carbocycles. The molecule has 0 bridgehead atoms. The number of rotatable bonds is 23. The van der Waals surface area contributed by atoms with Gasteiger partial charge in [0, 0.05) is 0 Å². The van der Waals surface area contributed by atoms with E-state index in [-0.39, 0.29) is 27.6 Å². The van der Waals surface area contributed by atoms with Gasteiger partial charge in [0.05, 0.1) is 33.9 Å². The second-order valence-electron chi connectivity index (χ2n) is 16.2. The number of carboxylic acids is 2. The van der Waals surface area contributed by atoms with Crippen molar-refractivity contribution in [3.8, 4) is 23.0 Å². The van der Waals surface area contributed by atoms with Gasteiger partial charge in [0.15, 0.2) is 0 Å². The number of benzene rings is 4. The molecule has 0 atom stereocenters. The summed E-state index contributed by atoms with van der Waals surface area (Å²) in [4.78, 5) is 32.2. The van der Waals surface area contributed by atoms with Crippen molar-refractivity contribution in [2.24, 2.45) is 9.98 Å². The van der Waals surface area contributed by atoms with Crippen LogP contribution in [0.5, 0.6) is 23.0 Å². The van der Waals surface area contributed by atoms with Crippen LogP contribution in [0.4, 0.5) is 11.4 Å². The van der Waals surface area contributed by atoms with E-state index in [9.17, 15) is 19.8 Å². The first-order valence-electron chi connectivity index (χ1n) is 23.6. The number of aryl methyl sites for hydroxylation is 6. The maximum Gasteiger partial charge on any atom is 2.00 e. The summed E-state index contributed by atoms with van der Waals surface area (Å²) >= 11 is 0. The molecule has 65 heavy (non-hydrogen) atoms. The number of carboxylic acid groups (broad SMARTS) is 2. The molecule has 4 N–H and O–H groups in total. The van der Waals surface area contributed by atoms with E-state index >= 15 is 0 Å². The average Bonchev–Trinajstić information content (AvgIpc) is 3.28. The first kappa shape index (κ1) is 57.9. The van der Waals surface area contributed by atoms with Crippen molar-refractivity contribution >= 4 is 34.7 Å². The number of hydrogen-bond donors (Lipinski definition) is 4. The molecule has 0 spiro atoms. The molecule has 0 aliphatic rings. The van der Waals surface area contributed by atoms with E-state index in [0.29, 0.717) is 24.0 Å². The molecule has 0 fully saturated rings. The van der Waals surface area contributed by atoms with Crippen LogP contribution >= 0.6 is 0 Å². The summed E-state index contributed by atoms with van der Waals surface area (Å²) < 4.78 is 0. The van der Waals surface area contributed by atoms with Crippen LogP contribution in [-0.2, 0) is 55.0 Å². The van der Waals surface area contributed by atoms with Crippen molar-refractivity contribution < 1.29 is 56.7 Å². The molecule has 0 unspecified atom stereocenters. The van der Waals surface area contributed by atoms with E-state index in [1.807, 2.05) is 13.8 Å². The Morgan fingerprint density at radius 2 is 0.877 bits per heavy atom. The standard InChI is InChI=1S/C32H48N2.2C11H14O4.Ni/c1-7-13-17-31(33-29-20-19-27(15-9-3)28(24-29)16-10-4)32(18-14-8-2)34-30-22-25(11-5)21-26(12-6)23-30;2*1-2-3-4-7-5-6-8(12)10(13)9(7)11(14)15;/h19-24H,7-18H2,1-6H3;2*5-6,12-13H,2-4H2,1H3,(H,14,15);/q;;;+2/p-2. The number of phenols is 2. The molecule has 0 radical (unpaired) electrons. The molecule has 4 aromatic rings. The maximum absolute atomic E-state index is 11.4. The van der Waals surface area contributed by atoms with Crippen molar-refractivity contribution in [3.63, 3.8) is 0 Å². The van der Waals surface area contributed by atoms with E-state index in [0.717, 1.165) is 88.4 Å². The van der Waals surface area contributed by atoms with Gasteiger partial charge in [-0.05, 0) is 147 Å². The minimum absolute atomic E-state index is 0. The Balaban J connectivity index is 0.000000562. The summed E-state index contributed by atoms with van der Waals surface area (Å²) in [5.41, 5.74) is 10.6. The first-order chi connectivity index (χ1) is 30.7. The van der Waals surface area contributed by atoms with Gasteiger partial charge in [0.1, 0.15) is 11.5 Å². The summed E-state index contributed by atoms with van der Waals surface area (Å²) in [6.45, 7) is 17.5. The quantitative estimate of drug-likeness (QED) is 0.0418. The number of carbonyl (C=O) groups is 2.